The molecular weight excluding hydrogens is 458 g/mol. The zero-order chi connectivity index (χ0) is 25.8. The molecule has 0 aromatic carbocycles. The molecule has 16 heteroatoms. The van der Waals surface area contributed by atoms with E-state index in [1.807, 2.05) is 0 Å². The van der Waals surface area contributed by atoms with Crippen molar-refractivity contribution < 1.29 is 44.1 Å². The molecule has 4 amide bonds. The number of aromatic nitrogens is 2. The Balaban J connectivity index is 3.01. The number of aromatic amines is 1. The standard InChI is InChI=1S/C18H27N7O9/c19-9(1-2-14(28)29)15(30)23-11(4-13(20)27)17(32)24-10(3-8-5-21-7-22-8)16(31)25-12(6-26)18(33)34/h5,7,9-12,26H,1-4,6,19H2,(H2,20,27)(H,21,22)(H,23,30)(H,24,32)(H,25,31)(H,28,29)(H,33,34). The van der Waals surface area contributed by atoms with Gasteiger partial charge < -0.3 is 47.7 Å². The van der Waals surface area contributed by atoms with Crippen molar-refractivity contribution in [1.82, 2.24) is 25.9 Å². The highest BCUT2D eigenvalue weighted by Crippen LogP contribution is 2.03. The third-order valence-electron chi connectivity index (χ3n) is 4.45. The van der Waals surface area contributed by atoms with Crippen molar-refractivity contribution in [2.75, 3.05) is 6.61 Å². The molecular formula is C18H27N7O9. The summed E-state index contributed by atoms with van der Waals surface area (Å²) >= 11 is 0. The van der Waals surface area contributed by atoms with Gasteiger partial charge in [-0.1, -0.05) is 0 Å². The topological polar surface area (TPSA) is 280 Å². The van der Waals surface area contributed by atoms with E-state index in [0.717, 1.165) is 0 Å². The van der Waals surface area contributed by atoms with E-state index >= 15 is 0 Å². The van der Waals surface area contributed by atoms with Gasteiger partial charge in [0.15, 0.2) is 0 Å². The van der Waals surface area contributed by atoms with E-state index in [0.29, 0.717) is 5.69 Å². The quantitative estimate of drug-likeness (QED) is 0.114. The fourth-order valence-electron chi connectivity index (χ4n) is 2.65. The number of hydrogen-bond donors (Lipinski definition) is 9. The summed E-state index contributed by atoms with van der Waals surface area (Å²) in [5.41, 5.74) is 11.1. The average molecular weight is 485 g/mol. The Hall–Kier alpha value is -4.05. The van der Waals surface area contributed by atoms with E-state index in [4.69, 9.17) is 26.8 Å². The fraction of sp³-hybridized carbons (Fsp3) is 0.500. The van der Waals surface area contributed by atoms with Crippen LogP contribution in [0.4, 0.5) is 0 Å². The maximum atomic E-state index is 12.8. The Kier molecular flexibility index (Phi) is 11.1. The molecule has 1 aromatic rings. The van der Waals surface area contributed by atoms with Gasteiger partial charge in [-0.25, -0.2) is 9.78 Å². The molecule has 0 radical (unpaired) electrons. The SMILES string of the molecule is NC(=O)CC(NC(=O)C(N)CCC(=O)O)C(=O)NC(Cc1cnc[nH]1)C(=O)NC(CO)C(=O)O. The second-order valence-electron chi connectivity index (χ2n) is 7.19. The Morgan fingerprint density at radius 2 is 1.56 bits per heavy atom. The molecule has 1 heterocycles. The maximum absolute atomic E-state index is 12.8. The normalized spacial score (nSPS) is 14.2. The second-order valence-corrected chi connectivity index (χ2v) is 7.19. The fourth-order valence-corrected chi connectivity index (χ4v) is 2.65. The minimum Gasteiger partial charge on any atom is -0.481 e. The van der Waals surface area contributed by atoms with Crippen LogP contribution in [0.2, 0.25) is 0 Å². The lowest BCUT2D eigenvalue weighted by molar-refractivity contribution is -0.143. The number of H-pyrrole nitrogens is 1. The number of aliphatic carboxylic acids is 2. The first-order valence-electron chi connectivity index (χ1n) is 9.92. The first-order valence-corrected chi connectivity index (χ1v) is 9.92. The highest BCUT2D eigenvalue weighted by atomic mass is 16.4. The van der Waals surface area contributed by atoms with Gasteiger partial charge in [-0.3, -0.25) is 24.0 Å². The van der Waals surface area contributed by atoms with Gasteiger partial charge in [-0.2, -0.15) is 0 Å². The first-order chi connectivity index (χ1) is 15.9. The van der Waals surface area contributed by atoms with Gasteiger partial charge in [-0.05, 0) is 6.42 Å². The summed E-state index contributed by atoms with van der Waals surface area (Å²) in [5, 5.41) is 33.4. The summed E-state index contributed by atoms with van der Waals surface area (Å²) in [7, 11) is 0. The molecule has 0 aliphatic heterocycles. The summed E-state index contributed by atoms with van der Waals surface area (Å²) in [6.45, 7) is -0.916. The first kappa shape index (κ1) is 28.0. The van der Waals surface area contributed by atoms with Crippen LogP contribution in [0.1, 0.15) is 25.0 Å². The van der Waals surface area contributed by atoms with Crippen molar-refractivity contribution in [1.29, 1.82) is 0 Å². The monoisotopic (exact) mass is 485 g/mol. The van der Waals surface area contributed by atoms with Crippen LogP contribution in [0.5, 0.6) is 0 Å². The van der Waals surface area contributed by atoms with E-state index in [1.54, 1.807) is 0 Å². The highest BCUT2D eigenvalue weighted by molar-refractivity contribution is 5.96. The Morgan fingerprint density at radius 1 is 0.971 bits per heavy atom. The lowest BCUT2D eigenvalue weighted by Crippen LogP contribution is -2.58. The van der Waals surface area contributed by atoms with E-state index in [-0.39, 0.29) is 12.8 Å². The third-order valence-corrected chi connectivity index (χ3v) is 4.45. The summed E-state index contributed by atoms with van der Waals surface area (Å²) in [6.07, 6.45) is 1.13. The zero-order valence-corrected chi connectivity index (χ0v) is 17.9. The van der Waals surface area contributed by atoms with Gasteiger partial charge in [0.05, 0.1) is 25.4 Å². The number of carboxylic acids is 2. The lowest BCUT2D eigenvalue weighted by Gasteiger charge is -2.24. The van der Waals surface area contributed by atoms with Gasteiger partial charge in [0, 0.05) is 24.7 Å². The van der Waals surface area contributed by atoms with Crippen LogP contribution in [0.25, 0.3) is 0 Å². The van der Waals surface area contributed by atoms with Crippen LogP contribution in [-0.2, 0) is 35.2 Å². The van der Waals surface area contributed by atoms with Crippen molar-refractivity contribution in [2.45, 2.75) is 49.9 Å². The number of nitrogens with zero attached hydrogens (tertiary/aromatic N) is 1. The number of hydrogen-bond acceptors (Lipinski definition) is 9. The maximum Gasteiger partial charge on any atom is 0.328 e. The van der Waals surface area contributed by atoms with Crippen molar-refractivity contribution in [3.05, 3.63) is 18.2 Å². The van der Waals surface area contributed by atoms with Gasteiger partial charge in [-0.15, -0.1) is 0 Å². The number of nitrogens with two attached hydrogens (primary N) is 2. The second kappa shape index (κ2) is 13.5. The van der Waals surface area contributed by atoms with Crippen molar-refractivity contribution >= 4 is 35.6 Å². The van der Waals surface area contributed by atoms with Gasteiger partial charge in [0.1, 0.15) is 18.1 Å². The number of carbonyl (C=O) groups is 6. The molecule has 0 aliphatic rings. The van der Waals surface area contributed by atoms with Gasteiger partial charge in [0.2, 0.25) is 23.6 Å². The molecule has 0 fully saturated rings. The predicted octanol–water partition coefficient (Wildman–Crippen LogP) is -4.45. The molecule has 16 nitrogen and oxygen atoms in total. The van der Waals surface area contributed by atoms with Crippen LogP contribution in [0.15, 0.2) is 12.5 Å². The predicted molar refractivity (Wildman–Crippen MR) is 111 cm³/mol. The number of aliphatic hydroxyl groups excluding tert-OH is 1. The molecule has 4 unspecified atom stereocenters. The number of nitrogens with one attached hydrogen (secondary N) is 4. The Labute approximate surface area is 192 Å². The molecule has 0 saturated heterocycles. The molecule has 1 aromatic heterocycles. The molecule has 0 saturated carbocycles. The number of carboxylic acid groups (broad SMARTS) is 2. The van der Waals surface area contributed by atoms with Crippen LogP contribution in [0.3, 0.4) is 0 Å². The number of aliphatic hydroxyl groups is 1. The van der Waals surface area contributed by atoms with E-state index in [2.05, 4.69) is 25.9 Å². The number of imidazole rings is 1. The van der Waals surface area contributed by atoms with Crippen molar-refractivity contribution in [2.24, 2.45) is 11.5 Å². The van der Waals surface area contributed by atoms with Gasteiger partial charge >= 0.3 is 11.9 Å². The minimum absolute atomic E-state index is 0.190. The molecule has 34 heavy (non-hydrogen) atoms. The van der Waals surface area contributed by atoms with Crippen molar-refractivity contribution in [3.8, 4) is 0 Å². The molecule has 11 N–H and O–H groups in total. The smallest absolute Gasteiger partial charge is 0.328 e. The van der Waals surface area contributed by atoms with E-state index < -0.39 is 79.2 Å². The largest absolute Gasteiger partial charge is 0.481 e. The minimum atomic E-state index is -1.65. The molecule has 0 aliphatic carbocycles. The van der Waals surface area contributed by atoms with Crippen LogP contribution in [-0.4, -0.2) is 91.6 Å². The van der Waals surface area contributed by atoms with Crippen LogP contribution < -0.4 is 27.4 Å². The number of amides is 4. The van der Waals surface area contributed by atoms with Crippen LogP contribution >= 0.6 is 0 Å². The molecule has 188 valence electrons. The number of rotatable bonds is 15. The summed E-state index contributed by atoms with van der Waals surface area (Å²) in [6, 6.07) is -5.92. The summed E-state index contributed by atoms with van der Waals surface area (Å²) in [5.74, 6) is -6.61. The molecule has 4 atom stereocenters. The molecule has 0 spiro atoms. The lowest BCUT2D eigenvalue weighted by atomic mass is 10.1. The van der Waals surface area contributed by atoms with Crippen LogP contribution in [0, 0.1) is 0 Å². The highest BCUT2D eigenvalue weighted by Gasteiger charge is 2.31. The Bertz CT molecular complexity index is 890. The molecule has 0 bridgehead atoms. The number of carbonyl (C=O) groups excluding carboxylic acids is 4. The zero-order valence-electron chi connectivity index (χ0n) is 17.9. The summed E-state index contributed by atoms with van der Waals surface area (Å²) in [4.78, 5) is 77.3. The average Bonchev–Trinajstić information content (AvgIpc) is 3.26. The van der Waals surface area contributed by atoms with Crippen molar-refractivity contribution in [3.63, 3.8) is 0 Å². The number of primary amides is 1. The third kappa shape index (κ3) is 9.61. The van der Waals surface area contributed by atoms with Gasteiger partial charge in [0.25, 0.3) is 0 Å². The molecule has 1 rings (SSSR count). The van der Waals surface area contributed by atoms with E-state index in [9.17, 15) is 28.8 Å². The van der Waals surface area contributed by atoms with E-state index in [1.165, 1.54) is 12.5 Å². The summed E-state index contributed by atoms with van der Waals surface area (Å²) < 4.78 is 0. The Morgan fingerprint density at radius 3 is 2.06 bits per heavy atom.